The number of amides is 1. The number of carbonyl (C=O) groups is 1. The number of nitrogens with zero attached hydrogens (tertiary/aromatic N) is 1. The molecule has 0 spiro atoms. The van der Waals surface area contributed by atoms with Gasteiger partial charge in [0.25, 0.3) is 0 Å². The number of carboxylic acid groups (broad SMARTS) is 1. The molecule has 0 saturated carbocycles. The summed E-state index contributed by atoms with van der Waals surface area (Å²) in [6.07, 6.45) is 3.55. The number of ether oxygens (including phenoxy) is 2. The van der Waals surface area contributed by atoms with Crippen molar-refractivity contribution in [1.82, 2.24) is 4.90 Å². The van der Waals surface area contributed by atoms with E-state index < -0.39 is 20.6 Å². The molecular weight excluding hydrogens is 728 g/mol. The number of methoxy groups -OCH3 is 2. The molecule has 6 aromatic carbocycles. The highest BCUT2D eigenvalue weighted by Crippen LogP contribution is 2.56. The van der Waals surface area contributed by atoms with Gasteiger partial charge >= 0.3 is 0 Å². The fraction of sp³-hybridized carbons (Fsp3) is 0.196. The number of hydrogen-bond donors (Lipinski definition) is 0. The van der Waals surface area contributed by atoms with Gasteiger partial charge < -0.3 is 36.7 Å². The number of hydrogen-bond acceptors (Lipinski definition) is 4. The van der Waals surface area contributed by atoms with E-state index in [-0.39, 0.29) is 12.4 Å². The maximum Gasteiger partial charge on any atom is 0.170 e. The third kappa shape index (κ3) is 10.4. The second-order valence-electron chi connectivity index (χ2n) is 12.8. The highest BCUT2D eigenvalue weighted by Gasteiger charge is 2.46. The Kier molecular flexibility index (Phi) is 17.4. The molecule has 0 unspecified atom stereocenters. The van der Waals surface area contributed by atoms with Gasteiger partial charge in [0.05, 0.1) is 0 Å². The molecule has 8 heteroatoms. The van der Waals surface area contributed by atoms with Gasteiger partial charge in [0, 0.05) is 27.3 Å². The molecule has 0 atom stereocenters. The van der Waals surface area contributed by atoms with Crippen LogP contribution in [0.2, 0.25) is 0 Å². The van der Waals surface area contributed by atoms with Crippen LogP contribution < -0.4 is 49.3 Å². The molecule has 1 fully saturated rings. The lowest BCUT2D eigenvalue weighted by molar-refractivity contribution is -0.266. The minimum atomic E-state index is -1.78. The molecule has 0 bridgehead atoms. The minimum Gasteiger partial charge on any atom is -1.00 e. The summed E-state index contributed by atoms with van der Waals surface area (Å²) < 4.78 is 11.4. The van der Waals surface area contributed by atoms with Crippen LogP contribution >= 0.6 is 14.5 Å². The van der Waals surface area contributed by atoms with Crippen LogP contribution in [0.3, 0.4) is 0 Å². The molecular formula is C46H50ClNO4P2. The van der Waals surface area contributed by atoms with Crippen molar-refractivity contribution in [1.29, 1.82) is 0 Å². The van der Waals surface area contributed by atoms with Crippen LogP contribution in [0.4, 0.5) is 4.79 Å². The quantitative estimate of drug-likeness (QED) is 0.198. The topological polar surface area (TPSA) is 61.8 Å². The highest BCUT2D eigenvalue weighted by molar-refractivity contribution is 7.96. The van der Waals surface area contributed by atoms with E-state index in [9.17, 15) is 9.90 Å². The predicted molar refractivity (Wildman–Crippen MR) is 225 cm³/mol. The van der Waals surface area contributed by atoms with Gasteiger partial charge in [0.1, 0.15) is 52.4 Å². The van der Waals surface area contributed by atoms with Crippen molar-refractivity contribution in [3.05, 3.63) is 182 Å². The first-order valence-electron chi connectivity index (χ1n) is 18.1. The van der Waals surface area contributed by atoms with Crippen molar-refractivity contribution in [3.8, 4) is 0 Å². The van der Waals surface area contributed by atoms with E-state index >= 15 is 0 Å². The molecule has 0 radical (unpaired) electrons. The van der Waals surface area contributed by atoms with Gasteiger partial charge in [-0.3, -0.25) is 0 Å². The lowest BCUT2D eigenvalue weighted by atomic mass is 10.1. The maximum absolute atomic E-state index is 10.2. The van der Waals surface area contributed by atoms with Crippen LogP contribution in [0.15, 0.2) is 182 Å². The van der Waals surface area contributed by atoms with E-state index in [2.05, 4.69) is 182 Å². The standard InChI is InChI=1S/2C20H20OP.C6H11NO2.ClH/c2*1-21-17-22(18-11-5-2-6-12-18,19-13-7-3-8-14-19)20-15-9-4-10-16-20;8-6(9)7-4-2-1-3-5-7;/h2*2-16H,17H2,1H3;1-5H2,(H,8,9);1H/q2*+1;;/p-2. The van der Waals surface area contributed by atoms with E-state index in [1.165, 1.54) is 36.7 Å². The molecule has 1 amide bonds. The Morgan fingerprint density at radius 3 is 0.852 bits per heavy atom. The predicted octanol–water partition coefficient (Wildman–Crippen LogP) is 3.99. The summed E-state index contributed by atoms with van der Waals surface area (Å²) in [7, 11) is 0.0395. The fourth-order valence-electron chi connectivity index (χ4n) is 6.90. The van der Waals surface area contributed by atoms with Crippen molar-refractivity contribution in [2.24, 2.45) is 0 Å². The van der Waals surface area contributed by atoms with Gasteiger partial charge in [-0.25, -0.2) is 0 Å². The third-order valence-electron chi connectivity index (χ3n) is 9.44. The largest absolute Gasteiger partial charge is 1.00 e. The number of rotatable bonds is 10. The number of halogens is 1. The van der Waals surface area contributed by atoms with Crippen LogP contribution in [0, 0.1) is 0 Å². The first-order valence-corrected chi connectivity index (χ1v) is 22.0. The molecule has 7 rings (SSSR count). The molecule has 0 N–H and O–H groups in total. The van der Waals surface area contributed by atoms with E-state index in [4.69, 9.17) is 9.47 Å². The Bertz CT molecular complexity index is 1580. The average molecular weight is 778 g/mol. The molecule has 6 aromatic rings. The van der Waals surface area contributed by atoms with E-state index in [1.54, 1.807) is 14.2 Å². The van der Waals surface area contributed by atoms with Crippen LogP contribution in [-0.4, -0.2) is 51.0 Å². The Balaban J connectivity index is 0.000000194. The summed E-state index contributed by atoms with van der Waals surface area (Å²) in [5.41, 5.74) is 0. The van der Waals surface area contributed by atoms with Crippen LogP contribution in [0.1, 0.15) is 19.3 Å². The molecule has 0 aliphatic carbocycles. The van der Waals surface area contributed by atoms with Gasteiger partial charge in [-0.2, -0.15) is 0 Å². The van der Waals surface area contributed by atoms with Gasteiger partial charge in [0.15, 0.2) is 12.7 Å². The van der Waals surface area contributed by atoms with Crippen molar-refractivity contribution in [2.45, 2.75) is 19.3 Å². The van der Waals surface area contributed by atoms with Gasteiger partial charge in [-0.05, 0) is 92.1 Å². The zero-order valence-electron chi connectivity index (χ0n) is 31.1. The van der Waals surface area contributed by atoms with Crippen LogP contribution in [-0.2, 0) is 9.47 Å². The zero-order chi connectivity index (χ0) is 37.2. The summed E-state index contributed by atoms with van der Waals surface area (Å²) in [4.78, 5) is 11.5. The molecule has 280 valence electrons. The molecule has 1 saturated heterocycles. The van der Waals surface area contributed by atoms with Crippen molar-refractivity contribution in [3.63, 3.8) is 0 Å². The number of likely N-dealkylation sites (tertiary alicyclic amines) is 1. The molecule has 5 nitrogen and oxygen atoms in total. The summed E-state index contributed by atoms with van der Waals surface area (Å²) >= 11 is 0. The van der Waals surface area contributed by atoms with Gasteiger partial charge in [-0.15, -0.1) is 0 Å². The number of carbonyl (C=O) groups excluding carboxylic acids is 1. The van der Waals surface area contributed by atoms with Crippen molar-refractivity contribution < 1.29 is 31.8 Å². The van der Waals surface area contributed by atoms with Crippen molar-refractivity contribution in [2.75, 3.05) is 40.0 Å². The molecule has 0 aromatic heterocycles. The van der Waals surface area contributed by atoms with Gasteiger partial charge in [0.2, 0.25) is 0 Å². The summed E-state index contributed by atoms with van der Waals surface area (Å²) in [6, 6.07) is 64.6. The number of benzene rings is 6. The van der Waals surface area contributed by atoms with Crippen molar-refractivity contribution >= 4 is 52.4 Å². The fourth-order valence-corrected chi connectivity index (χ4v) is 14.4. The third-order valence-corrected chi connectivity index (χ3v) is 17.8. The Hall–Kier alpha value is -4.34. The van der Waals surface area contributed by atoms with E-state index in [1.807, 2.05) is 0 Å². The smallest absolute Gasteiger partial charge is 0.170 e. The lowest BCUT2D eigenvalue weighted by Crippen LogP contribution is -3.00. The van der Waals surface area contributed by atoms with Gasteiger partial charge in [-0.1, -0.05) is 109 Å². The summed E-state index contributed by atoms with van der Waals surface area (Å²) in [6.45, 7) is 1.34. The normalized spacial score (nSPS) is 12.5. The number of piperidine rings is 1. The SMILES string of the molecule is COC[P+](c1ccccc1)(c1ccccc1)c1ccccc1.COC[P+](c1ccccc1)(c1ccccc1)c1ccccc1.O=C([O-])N1CCCCC1.[Cl-]. The maximum atomic E-state index is 10.2. The van der Waals surface area contributed by atoms with E-state index in [0.29, 0.717) is 25.8 Å². The Morgan fingerprint density at radius 2 is 0.685 bits per heavy atom. The monoisotopic (exact) mass is 777 g/mol. The Morgan fingerprint density at radius 1 is 0.463 bits per heavy atom. The van der Waals surface area contributed by atoms with Crippen LogP contribution in [0.5, 0.6) is 0 Å². The molecule has 1 aliphatic rings. The van der Waals surface area contributed by atoms with E-state index in [0.717, 1.165) is 19.3 Å². The molecule has 1 heterocycles. The lowest BCUT2D eigenvalue weighted by Gasteiger charge is -2.28. The minimum absolute atomic E-state index is 0. The average Bonchev–Trinajstić information content (AvgIpc) is 3.24. The first-order chi connectivity index (χ1) is 26.1. The van der Waals surface area contributed by atoms with Crippen LogP contribution in [0.25, 0.3) is 0 Å². The zero-order valence-corrected chi connectivity index (χ0v) is 33.7. The highest BCUT2D eigenvalue weighted by atomic mass is 35.5. The summed E-state index contributed by atoms with van der Waals surface area (Å²) in [5, 5.41) is 18.3. The Labute approximate surface area is 329 Å². The molecule has 1 aliphatic heterocycles. The summed E-state index contributed by atoms with van der Waals surface area (Å²) in [5.74, 6) is 0. The first kappa shape index (κ1) is 42.4. The second kappa shape index (κ2) is 22.1. The second-order valence-corrected chi connectivity index (χ2v) is 19.6. The molecule has 54 heavy (non-hydrogen) atoms.